The van der Waals surface area contributed by atoms with Gasteiger partial charge in [-0.3, -0.25) is 4.79 Å². The molecule has 1 aliphatic rings. The lowest BCUT2D eigenvalue weighted by Gasteiger charge is -2.19. The number of rotatable bonds is 4. The van der Waals surface area contributed by atoms with E-state index < -0.39 is 0 Å². The molecule has 80 valence electrons. The number of hydrogen-bond donors (Lipinski definition) is 0. The predicted molar refractivity (Wildman–Crippen MR) is 61.0 cm³/mol. The van der Waals surface area contributed by atoms with Gasteiger partial charge < -0.3 is 0 Å². The van der Waals surface area contributed by atoms with Gasteiger partial charge in [0.1, 0.15) is 5.78 Å². The van der Waals surface area contributed by atoms with Crippen molar-refractivity contribution in [3.05, 3.63) is 0 Å². The van der Waals surface area contributed by atoms with Gasteiger partial charge >= 0.3 is 0 Å². The smallest absolute Gasteiger partial charge is 0.135 e. The Labute approximate surface area is 88.3 Å². The third-order valence-electron chi connectivity index (χ3n) is 2.84. The highest BCUT2D eigenvalue weighted by Gasteiger charge is 2.20. The second kappa shape index (κ2) is 8.81. The van der Waals surface area contributed by atoms with E-state index in [1.165, 1.54) is 32.1 Å². The van der Waals surface area contributed by atoms with Crippen LogP contribution in [0.4, 0.5) is 0 Å². The maximum Gasteiger partial charge on any atom is 0.135 e. The number of ketones is 1. The Hall–Kier alpha value is -0.770. The average Bonchev–Trinajstić information content (AvgIpc) is 2.24. The lowest BCUT2D eigenvalue weighted by Crippen LogP contribution is -2.18. The molecule has 0 aromatic heterocycles. The second-order valence-corrected chi connectivity index (χ2v) is 3.90. The van der Waals surface area contributed by atoms with Gasteiger partial charge in [-0.2, -0.15) is 0 Å². The standard InChI is InChI=1S/C11H20O.C2H2/c1-2-3-4-7-10-8-5-6-9-11(10)12;1-2/h10H,2-9H2,1H3;1-2H. The zero-order valence-electron chi connectivity index (χ0n) is 9.30. The molecule has 1 heteroatoms. The summed E-state index contributed by atoms with van der Waals surface area (Å²) in [4.78, 5) is 11.4. The van der Waals surface area contributed by atoms with Crippen LogP contribution in [0.15, 0.2) is 0 Å². The number of terminal acetylenes is 1. The zero-order valence-corrected chi connectivity index (χ0v) is 9.30. The molecule has 14 heavy (non-hydrogen) atoms. The minimum atomic E-state index is 0.435. The van der Waals surface area contributed by atoms with Crippen LogP contribution in [0.5, 0.6) is 0 Å². The van der Waals surface area contributed by atoms with Gasteiger partial charge in [-0.25, -0.2) is 0 Å². The van der Waals surface area contributed by atoms with Crippen LogP contribution in [0, 0.1) is 18.8 Å². The van der Waals surface area contributed by atoms with Crippen LogP contribution >= 0.6 is 0 Å². The number of Topliss-reactive ketones (excluding diaryl/α,β-unsaturated/α-hetero) is 1. The summed E-state index contributed by atoms with van der Waals surface area (Å²) in [6.45, 7) is 2.21. The summed E-state index contributed by atoms with van der Waals surface area (Å²) in [6, 6.07) is 0. The van der Waals surface area contributed by atoms with Gasteiger partial charge in [-0.1, -0.05) is 32.6 Å². The van der Waals surface area contributed by atoms with Crippen molar-refractivity contribution in [2.24, 2.45) is 5.92 Å². The van der Waals surface area contributed by atoms with Gasteiger partial charge in [-0.15, -0.1) is 12.8 Å². The summed E-state index contributed by atoms with van der Waals surface area (Å²) in [5.74, 6) is 0.975. The number of hydrogen-bond acceptors (Lipinski definition) is 1. The molecule has 0 aromatic carbocycles. The minimum Gasteiger partial charge on any atom is -0.299 e. The van der Waals surface area contributed by atoms with Crippen LogP contribution in [-0.4, -0.2) is 5.78 Å². The van der Waals surface area contributed by atoms with E-state index in [0.717, 1.165) is 19.3 Å². The highest BCUT2D eigenvalue weighted by Crippen LogP contribution is 2.25. The van der Waals surface area contributed by atoms with Gasteiger partial charge in [-0.05, 0) is 19.3 Å². The monoisotopic (exact) mass is 194 g/mol. The quantitative estimate of drug-likeness (QED) is 0.494. The molecule has 1 aliphatic carbocycles. The highest BCUT2D eigenvalue weighted by atomic mass is 16.1. The fourth-order valence-corrected chi connectivity index (χ4v) is 2.00. The van der Waals surface area contributed by atoms with Crippen LogP contribution in [-0.2, 0) is 4.79 Å². The molecule has 1 nitrogen and oxygen atoms in total. The normalized spacial score (nSPS) is 21.1. The number of carbonyl (C=O) groups excluding carboxylic acids is 1. The molecular formula is C13H22O. The number of carbonyl (C=O) groups is 1. The van der Waals surface area contributed by atoms with E-state index in [0.29, 0.717) is 11.7 Å². The molecule has 0 radical (unpaired) electrons. The minimum absolute atomic E-state index is 0.435. The zero-order chi connectivity index (χ0) is 10.8. The molecule has 0 amide bonds. The summed E-state index contributed by atoms with van der Waals surface area (Å²) in [5.41, 5.74) is 0. The Morgan fingerprint density at radius 2 is 2.00 bits per heavy atom. The van der Waals surface area contributed by atoms with Crippen LogP contribution in [0.1, 0.15) is 58.3 Å². The third-order valence-corrected chi connectivity index (χ3v) is 2.84. The molecular weight excluding hydrogens is 172 g/mol. The fourth-order valence-electron chi connectivity index (χ4n) is 2.00. The molecule has 0 N–H and O–H groups in total. The molecule has 0 heterocycles. The molecule has 0 saturated heterocycles. The van der Waals surface area contributed by atoms with Gasteiger partial charge in [0.2, 0.25) is 0 Å². The van der Waals surface area contributed by atoms with Crippen molar-refractivity contribution in [1.82, 2.24) is 0 Å². The van der Waals surface area contributed by atoms with E-state index in [4.69, 9.17) is 0 Å². The van der Waals surface area contributed by atoms with E-state index in [2.05, 4.69) is 19.8 Å². The maximum atomic E-state index is 11.4. The van der Waals surface area contributed by atoms with Gasteiger partial charge in [0.25, 0.3) is 0 Å². The van der Waals surface area contributed by atoms with E-state index in [1.54, 1.807) is 0 Å². The van der Waals surface area contributed by atoms with Crippen LogP contribution < -0.4 is 0 Å². The highest BCUT2D eigenvalue weighted by molar-refractivity contribution is 5.81. The Morgan fingerprint density at radius 3 is 2.57 bits per heavy atom. The van der Waals surface area contributed by atoms with Crippen molar-refractivity contribution in [2.75, 3.05) is 0 Å². The average molecular weight is 194 g/mol. The molecule has 0 spiro atoms. The van der Waals surface area contributed by atoms with E-state index >= 15 is 0 Å². The van der Waals surface area contributed by atoms with Crippen molar-refractivity contribution in [3.8, 4) is 12.8 Å². The van der Waals surface area contributed by atoms with Crippen LogP contribution in [0.3, 0.4) is 0 Å². The molecule has 1 saturated carbocycles. The van der Waals surface area contributed by atoms with Crippen molar-refractivity contribution >= 4 is 5.78 Å². The molecule has 0 aromatic rings. The predicted octanol–water partition coefficient (Wildman–Crippen LogP) is 3.58. The molecule has 0 aliphatic heterocycles. The summed E-state index contributed by atoms with van der Waals surface area (Å²) in [7, 11) is 0. The SMILES string of the molecule is C#C.CCCCCC1CCCCC1=O. The first-order valence-electron chi connectivity index (χ1n) is 5.70. The first-order chi connectivity index (χ1) is 6.84. The van der Waals surface area contributed by atoms with E-state index in [1.807, 2.05) is 0 Å². The van der Waals surface area contributed by atoms with Crippen molar-refractivity contribution < 1.29 is 4.79 Å². The molecule has 1 unspecified atom stereocenters. The lowest BCUT2D eigenvalue weighted by molar-refractivity contribution is -0.124. The second-order valence-electron chi connectivity index (χ2n) is 3.90. The van der Waals surface area contributed by atoms with Crippen LogP contribution in [0.2, 0.25) is 0 Å². The topological polar surface area (TPSA) is 17.1 Å². The maximum absolute atomic E-state index is 11.4. The van der Waals surface area contributed by atoms with Crippen molar-refractivity contribution in [2.45, 2.75) is 58.3 Å². The van der Waals surface area contributed by atoms with E-state index in [-0.39, 0.29) is 0 Å². The largest absolute Gasteiger partial charge is 0.299 e. The molecule has 1 atom stereocenters. The van der Waals surface area contributed by atoms with Crippen molar-refractivity contribution in [3.63, 3.8) is 0 Å². The summed E-state index contributed by atoms with van der Waals surface area (Å²) < 4.78 is 0. The van der Waals surface area contributed by atoms with Crippen molar-refractivity contribution in [1.29, 1.82) is 0 Å². The Bertz CT molecular complexity index is 169. The lowest BCUT2D eigenvalue weighted by atomic mass is 9.84. The Balaban J connectivity index is 0.000000791. The third kappa shape index (κ3) is 5.07. The first kappa shape index (κ1) is 13.2. The van der Waals surface area contributed by atoms with Gasteiger partial charge in [0.05, 0.1) is 0 Å². The van der Waals surface area contributed by atoms with Gasteiger partial charge in [0.15, 0.2) is 0 Å². The molecule has 1 fully saturated rings. The van der Waals surface area contributed by atoms with Crippen LogP contribution in [0.25, 0.3) is 0 Å². The fraction of sp³-hybridized carbons (Fsp3) is 0.769. The summed E-state index contributed by atoms with van der Waals surface area (Å²) in [6.07, 6.45) is 17.4. The summed E-state index contributed by atoms with van der Waals surface area (Å²) in [5, 5.41) is 0. The Morgan fingerprint density at radius 1 is 1.29 bits per heavy atom. The molecule has 0 bridgehead atoms. The molecule has 1 rings (SSSR count). The number of unbranched alkanes of at least 4 members (excludes halogenated alkanes) is 2. The first-order valence-corrected chi connectivity index (χ1v) is 5.70. The Kier molecular flexibility index (Phi) is 8.33. The van der Waals surface area contributed by atoms with E-state index in [9.17, 15) is 4.79 Å². The van der Waals surface area contributed by atoms with Gasteiger partial charge in [0, 0.05) is 12.3 Å². The summed E-state index contributed by atoms with van der Waals surface area (Å²) >= 11 is 0.